The van der Waals surface area contributed by atoms with Gasteiger partial charge >= 0.3 is 0 Å². The molecular formula is C26H35NO4. The molecule has 5 fully saturated rings. The summed E-state index contributed by atoms with van der Waals surface area (Å²) in [7, 11) is 1.81. The molecule has 2 N–H and O–H groups in total. The third kappa shape index (κ3) is 2.02. The van der Waals surface area contributed by atoms with Crippen molar-refractivity contribution in [2.75, 3.05) is 20.2 Å². The van der Waals surface area contributed by atoms with Crippen LogP contribution in [0, 0.1) is 17.3 Å². The molecule has 1 saturated heterocycles. The molecule has 1 aromatic carbocycles. The quantitative estimate of drug-likeness (QED) is 0.774. The van der Waals surface area contributed by atoms with Crippen molar-refractivity contribution in [3.05, 3.63) is 23.3 Å². The fourth-order valence-electron chi connectivity index (χ4n) is 9.23. The van der Waals surface area contributed by atoms with Crippen LogP contribution in [0.3, 0.4) is 0 Å². The molecule has 5 nitrogen and oxygen atoms in total. The SMILES string of the molecule is CO[C@@]12CC[C@]3(C[C@H]1C(C)(C)O)[C@@H]1Cc4ccc(O)c5c4[C@]3(CCN1CC1CC1)[C@@H]2O5. The van der Waals surface area contributed by atoms with Crippen LogP contribution in [0.1, 0.15) is 63.5 Å². The lowest BCUT2D eigenvalue weighted by molar-refractivity contribution is -0.300. The summed E-state index contributed by atoms with van der Waals surface area (Å²) in [6.07, 6.45) is 7.72. The Balaban J connectivity index is 1.49. The molecule has 6 atom stereocenters. The second-order valence-electron chi connectivity index (χ2n) is 12.1. The van der Waals surface area contributed by atoms with Gasteiger partial charge in [-0.1, -0.05) is 6.07 Å². The third-order valence-electron chi connectivity index (χ3n) is 10.5. The van der Waals surface area contributed by atoms with E-state index in [4.69, 9.17) is 9.47 Å². The molecule has 5 heteroatoms. The van der Waals surface area contributed by atoms with Gasteiger partial charge in [0.1, 0.15) is 11.7 Å². The number of hydrogen-bond donors (Lipinski definition) is 2. The average molecular weight is 426 g/mol. The van der Waals surface area contributed by atoms with Gasteiger partial charge in [-0.3, -0.25) is 4.90 Å². The second kappa shape index (κ2) is 5.60. The van der Waals surface area contributed by atoms with E-state index in [0.717, 1.165) is 44.6 Å². The first-order valence-corrected chi connectivity index (χ1v) is 12.3. The number of phenols is 1. The van der Waals surface area contributed by atoms with Gasteiger partial charge in [0.05, 0.1) is 5.60 Å². The third-order valence-corrected chi connectivity index (χ3v) is 10.5. The summed E-state index contributed by atoms with van der Waals surface area (Å²) in [5.74, 6) is 1.86. The van der Waals surface area contributed by atoms with Crippen LogP contribution in [0.4, 0.5) is 0 Å². The largest absolute Gasteiger partial charge is 0.504 e. The number of hydrogen-bond acceptors (Lipinski definition) is 5. The van der Waals surface area contributed by atoms with Gasteiger partial charge in [-0.05, 0) is 82.9 Å². The van der Waals surface area contributed by atoms with Gasteiger partial charge in [0, 0.05) is 42.0 Å². The highest BCUT2D eigenvalue weighted by Crippen LogP contribution is 2.77. The molecule has 0 radical (unpaired) electrons. The minimum Gasteiger partial charge on any atom is -0.504 e. The summed E-state index contributed by atoms with van der Waals surface area (Å²) in [6.45, 7) is 6.23. The fraction of sp³-hybridized carbons (Fsp3) is 0.769. The highest BCUT2D eigenvalue weighted by atomic mass is 16.6. The highest BCUT2D eigenvalue weighted by molar-refractivity contribution is 5.63. The molecule has 31 heavy (non-hydrogen) atoms. The van der Waals surface area contributed by atoms with Crippen molar-refractivity contribution < 1.29 is 19.7 Å². The van der Waals surface area contributed by atoms with E-state index in [0.29, 0.717) is 11.8 Å². The molecule has 0 amide bonds. The van der Waals surface area contributed by atoms with Crippen molar-refractivity contribution >= 4 is 0 Å². The van der Waals surface area contributed by atoms with Gasteiger partial charge in [-0.25, -0.2) is 0 Å². The Morgan fingerprint density at radius 1 is 1.23 bits per heavy atom. The molecule has 2 aliphatic heterocycles. The zero-order valence-corrected chi connectivity index (χ0v) is 19.0. The maximum absolute atomic E-state index is 11.4. The number of piperidine rings is 1. The van der Waals surface area contributed by atoms with Crippen LogP contribution < -0.4 is 4.74 Å². The van der Waals surface area contributed by atoms with Crippen molar-refractivity contribution in [1.29, 1.82) is 0 Å². The second-order valence-corrected chi connectivity index (χ2v) is 12.1. The Labute approximate surface area is 184 Å². The van der Waals surface area contributed by atoms with Crippen LogP contribution in [0.25, 0.3) is 0 Å². The molecule has 2 spiro atoms. The van der Waals surface area contributed by atoms with Crippen molar-refractivity contribution in [2.45, 2.75) is 87.6 Å². The number of phenolic OH excluding ortho intramolecular Hbond substituents is 1. The van der Waals surface area contributed by atoms with Gasteiger partial charge in [0.2, 0.25) is 0 Å². The lowest BCUT2D eigenvalue weighted by Gasteiger charge is -2.75. The molecular weight excluding hydrogens is 390 g/mol. The normalized spacial score (nSPS) is 44.8. The molecule has 168 valence electrons. The standard InChI is InChI=1S/C26H35NO4/c1-23(2,29)18-13-24-8-9-26(18,30-3)22-25(24)10-11-27(14-15-4-5-15)19(24)12-16-6-7-17(28)21(31-22)20(16)25/h6-7,15,18-19,22,28-29H,4-5,8-14H2,1-3H3/t18-,19-,22-,24-,25+,26-/m0/s1. The lowest BCUT2D eigenvalue weighted by Crippen LogP contribution is -2.82. The molecule has 4 bridgehead atoms. The van der Waals surface area contributed by atoms with Gasteiger partial charge in [-0.15, -0.1) is 0 Å². The van der Waals surface area contributed by atoms with Crippen molar-refractivity contribution in [3.63, 3.8) is 0 Å². The van der Waals surface area contributed by atoms with Gasteiger partial charge < -0.3 is 19.7 Å². The molecule has 5 aliphatic carbocycles. The van der Waals surface area contributed by atoms with Gasteiger partial charge in [0.15, 0.2) is 11.5 Å². The first kappa shape index (κ1) is 19.2. The fourth-order valence-corrected chi connectivity index (χ4v) is 9.23. The minimum atomic E-state index is -0.846. The molecule has 4 saturated carbocycles. The number of fused-ring (bicyclic) bond motifs is 2. The summed E-state index contributed by atoms with van der Waals surface area (Å²) in [6, 6.07) is 4.46. The number of aromatic hydroxyl groups is 1. The average Bonchev–Trinajstić information content (AvgIpc) is 3.47. The maximum Gasteiger partial charge on any atom is 0.165 e. The van der Waals surface area contributed by atoms with Crippen molar-refractivity contribution in [3.8, 4) is 11.5 Å². The number of benzene rings is 1. The number of methoxy groups -OCH3 is 1. The van der Waals surface area contributed by atoms with E-state index in [1.165, 1.54) is 30.5 Å². The number of rotatable bonds is 4. The van der Waals surface area contributed by atoms with Crippen molar-refractivity contribution in [2.24, 2.45) is 17.3 Å². The summed E-state index contributed by atoms with van der Waals surface area (Å²) in [4.78, 5) is 2.81. The highest BCUT2D eigenvalue weighted by Gasteiger charge is 2.81. The lowest BCUT2D eigenvalue weighted by atomic mass is 9.34. The maximum atomic E-state index is 11.4. The van der Waals surface area contributed by atoms with E-state index in [1.54, 1.807) is 0 Å². The molecule has 2 heterocycles. The Kier molecular flexibility index (Phi) is 3.47. The first-order chi connectivity index (χ1) is 14.8. The topological polar surface area (TPSA) is 62.2 Å². The van der Waals surface area contributed by atoms with Crippen LogP contribution >= 0.6 is 0 Å². The Hall–Kier alpha value is -1.30. The minimum absolute atomic E-state index is 0.0123. The Bertz CT molecular complexity index is 967. The number of likely N-dealkylation sites (tertiary alicyclic amines) is 1. The van der Waals surface area contributed by atoms with Crippen LogP contribution in [0.2, 0.25) is 0 Å². The smallest absolute Gasteiger partial charge is 0.165 e. The summed E-state index contributed by atoms with van der Waals surface area (Å²) in [5.41, 5.74) is 1.24. The van der Waals surface area contributed by atoms with Crippen LogP contribution in [-0.4, -0.2) is 58.7 Å². The number of aliphatic hydroxyl groups is 1. The Morgan fingerprint density at radius 2 is 2.03 bits per heavy atom. The Morgan fingerprint density at radius 3 is 2.74 bits per heavy atom. The summed E-state index contributed by atoms with van der Waals surface area (Å²) < 4.78 is 13.2. The number of ether oxygens (including phenoxy) is 2. The van der Waals surface area contributed by atoms with E-state index in [9.17, 15) is 10.2 Å². The van der Waals surface area contributed by atoms with E-state index >= 15 is 0 Å². The molecule has 8 rings (SSSR count). The van der Waals surface area contributed by atoms with E-state index in [2.05, 4.69) is 11.0 Å². The summed E-state index contributed by atoms with van der Waals surface area (Å²) >= 11 is 0. The van der Waals surface area contributed by atoms with Gasteiger partial charge in [0.25, 0.3) is 0 Å². The van der Waals surface area contributed by atoms with E-state index in [1.807, 2.05) is 27.0 Å². The molecule has 1 aromatic rings. The van der Waals surface area contributed by atoms with Gasteiger partial charge in [-0.2, -0.15) is 0 Å². The predicted octanol–water partition coefficient (Wildman–Crippen LogP) is 3.39. The molecule has 0 aromatic heterocycles. The predicted molar refractivity (Wildman–Crippen MR) is 116 cm³/mol. The first-order valence-electron chi connectivity index (χ1n) is 12.3. The van der Waals surface area contributed by atoms with E-state index in [-0.39, 0.29) is 28.6 Å². The van der Waals surface area contributed by atoms with Crippen LogP contribution in [-0.2, 0) is 16.6 Å². The molecule has 7 aliphatic rings. The van der Waals surface area contributed by atoms with Crippen molar-refractivity contribution in [1.82, 2.24) is 4.90 Å². The zero-order valence-electron chi connectivity index (χ0n) is 19.0. The zero-order chi connectivity index (χ0) is 21.4. The monoisotopic (exact) mass is 425 g/mol. The van der Waals surface area contributed by atoms with Crippen LogP contribution in [0.15, 0.2) is 12.1 Å². The van der Waals surface area contributed by atoms with E-state index < -0.39 is 11.2 Å². The molecule has 0 unspecified atom stereocenters. The summed E-state index contributed by atoms with van der Waals surface area (Å²) in [5, 5.41) is 22.2. The van der Waals surface area contributed by atoms with Crippen LogP contribution in [0.5, 0.6) is 11.5 Å². The number of nitrogens with zero attached hydrogens (tertiary/aromatic N) is 1.